The molecule has 0 aliphatic heterocycles. The van der Waals surface area contributed by atoms with E-state index in [0.29, 0.717) is 11.8 Å². The van der Waals surface area contributed by atoms with Gasteiger partial charge in [-0.15, -0.1) is 0 Å². The highest BCUT2D eigenvalue weighted by Gasteiger charge is 2.31. The molecule has 0 bridgehead atoms. The van der Waals surface area contributed by atoms with Gasteiger partial charge < -0.3 is 0 Å². The summed E-state index contributed by atoms with van der Waals surface area (Å²) in [6, 6.07) is 26.4. The second kappa shape index (κ2) is 9.14. The van der Waals surface area contributed by atoms with Gasteiger partial charge in [-0.2, -0.15) is 4.57 Å². The van der Waals surface area contributed by atoms with E-state index in [1.807, 2.05) is 12.4 Å². The fourth-order valence-electron chi connectivity index (χ4n) is 5.18. The number of fused-ring (bicyclic) bond motifs is 1. The van der Waals surface area contributed by atoms with E-state index in [1.165, 1.54) is 55.9 Å². The second-order valence-corrected chi connectivity index (χ2v) is 10.1. The van der Waals surface area contributed by atoms with Crippen molar-refractivity contribution in [2.24, 2.45) is 7.05 Å². The van der Waals surface area contributed by atoms with Crippen LogP contribution in [0, 0.1) is 6.92 Å². The predicted molar refractivity (Wildman–Crippen MR) is 146 cm³/mol. The molecule has 2 heterocycles. The van der Waals surface area contributed by atoms with Gasteiger partial charge in [0.05, 0.1) is 12.6 Å². The second-order valence-electron chi connectivity index (χ2n) is 10.1. The van der Waals surface area contributed by atoms with Crippen molar-refractivity contribution in [3.05, 3.63) is 102 Å². The molecule has 0 radical (unpaired) electrons. The van der Waals surface area contributed by atoms with Crippen molar-refractivity contribution >= 4 is 11.0 Å². The molecule has 0 unspecified atom stereocenters. The third kappa shape index (κ3) is 3.95. The van der Waals surface area contributed by atoms with Crippen molar-refractivity contribution in [1.29, 1.82) is 0 Å². The van der Waals surface area contributed by atoms with E-state index >= 15 is 0 Å². The summed E-state index contributed by atoms with van der Waals surface area (Å²) < 4.78 is 4.83. The quantitative estimate of drug-likeness (QED) is 0.246. The van der Waals surface area contributed by atoms with E-state index < -0.39 is 0 Å². The van der Waals surface area contributed by atoms with Gasteiger partial charge in [0, 0.05) is 23.5 Å². The largest absolute Gasteiger partial charge is 0.295 e. The lowest BCUT2D eigenvalue weighted by atomic mass is 9.88. The van der Waals surface area contributed by atoms with Crippen LogP contribution >= 0.6 is 0 Å². The minimum atomic E-state index is 0.365. The summed E-state index contributed by atoms with van der Waals surface area (Å²) in [4.78, 5) is 4.37. The summed E-state index contributed by atoms with van der Waals surface area (Å²) in [5.41, 5.74) is 11.4. The number of aryl methyl sites for hydroxylation is 2. The molecule has 0 aliphatic carbocycles. The van der Waals surface area contributed by atoms with Crippen LogP contribution in [0.2, 0.25) is 0 Å². The molecule has 0 fully saturated rings. The van der Waals surface area contributed by atoms with Crippen LogP contribution in [0.25, 0.3) is 39.2 Å². The molecule has 0 atom stereocenters. The Balaban J connectivity index is 1.94. The number of imidazole rings is 1. The zero-order valence-electron chi connectivity index (χ0n) is 21.6. The molecule has 2 aromatic heterocycles. The van der Waals surface area contributed by atoms with Gasteiger partial charge in [-0.05, 0) is 65.8 Å². The Hall–Kier alpha value is -3.72. The number of nitrogens with zero attached hydrogens (tertiary/aromatic N) is 3. The molecule has 0 aliphatic rings. The maximum absolute atomic E-state index is 4.37. The maximum atomic E-state index is 4.37. The van der Waals surface area contributed by atoms with Gasteiger partial charge in [-0.3, -0.25) is 4.98 Å². The van der Waals surface area contributed by atoms with E-state index in [0.717, 1.165) is 0 Å². The number of rotatable bonds is 5. The van der Waals surface area contributed by atoms with Gasteiger partial charge in [-0.25, -0.2) is 4.57 Å². The summed E-state index contributed by atoms with van der Waals surface area (Å²) in [6.45, 7) is 11.4. The highest BCUT2D eigenvalue weighted by atomic mass is 15.2. The first-order valence-corrected chi connectivity index (χ1v) is 12.5. The Morgan fingerprint density at radius 2 is 1.40 bits per heavy atom. The summed E-state index contributed by atoms with van der Waals surface area (Å²) >= 11 is 0. The van der Waals surface area contributed by atoms with E-state index in [2.05, 4.69) is 129 Å². The van der Waals surface area contributed by atoms with Crippen molar-refractivity contribution in [3.63, 3.8) is 0 Å². The molecule has 0 saturated heterocycles. The molecule has 3 aromatic carbocycles. The Labute approximate surface area is 208 Å². The minimum absolute atomic E-state index is 0.365. The fourth-order valence-corrected chi connectivity index (χ4v) is 5.18. The molecule has 0 amide bonds. The van der Waals surface area contributed by atoms with Crippen LogP contribution in [0.5, 0.6) is 0 Å². The molecule has 176 valence electrons. The topological polar surface area (TPSA) is 21.7 Å². The van der Waals surface area contributed by atoms with Crippen molar-refractivity contribution in [3.8, 4) is 28.2 Å². The number of pyridine rings is 1. The van der Waals surface area contributed by atoms with Crippen LogP contribution in [0.1, 0.15) is 56.2 Å². The Bertz CT molecular complexity index is 1480. The zero-order chi connectivity index (χ0) is 24.7. The minimum Gasteiger partial charge on any atom is -0.264 e. The van der Waals surface area contributed by atoms with Crippen molar-refractivity contribution in [2.75, 3.05) is 0 Å². The van der Waals surface area contributed by atoms with Crippen molar-refractivity contribution in [2.45, 2.75) is 46.5 Å². The monoisotopic (exact) mass is 460 g/mol. The van der Waals surface area contributed by atoms with E-state index in [9.17, 15) is 0 Å². The predicted octanol–water partition coefficient (Wildman–Crippen LogP) is 7.74. The number of benzene rings is 3. The average molecular weight is 461 g/mol. The van der Waals surface area contributed by atoms with Gasteiger partial charge in [0.1, 0.15) is 5.69 Å². The third-order valence-corrected chi connectivity index (χ3v) is 7.02. The van der Waals surface area contributed by atoms with Gasteiger partial charge in [-0.1, -0.05) is 70.2 Å². The smallest absolute Gasteiger partial charge is 0.264 e. The van der Waals surface area contributed by atoms with Crippen LogP contribution in [0.4, 0.5) is 0 Å². The molecule has 5 aromatic rings. The normalized spacial score (nSPS) is 11.7. The molecule has 0 N–H and O–H groups in total. The van der Waals surface area contributed by atoms with Gasteiger partial charge in [0.25, 0.3) is 5.82 Å². The van der Waals surface area contributed by atoms with E-state index in [4.69, 9.17) is 0 Å². The Morgan fingerprint density at radius 1 is 0.771 bits per heavy atom. The van der Waals surface area contributed by atoms with E-state index in [-0.39, 0.29) is 0 Å². The summed E-state index contributed by atoms with van der Waals surface area (Å²) in [6.07, 6.45) is 3.86. The Morgan fingerprint density at radius 3 is 2.03 bits per heavy atom. The molecule has 3 heteroatoms. The number of hydrogen-bond donors (Lipinski definition) is 0. The van der Waals surface area contributed by atoms with Gasteiger partial charge in [0.15, 0.2) is 11.0 Å². The van der Waals surface area contributed by atoms with Crippen molar-refractivity contribution in [1.82, 2.24) is 9.55 Å². The molecule has 3 nitrogen and oxygen atoms in total. The van der Waals surface area contributed by atoms with Crippen LogP contribution in [-0.4, -0.2) is 9.55 Å². The first-order chi connectivity index (χ1) is 16.9. The van der Waals surface area contributed by atoms with Crippen LogP contribution < -0.4 is 4.57 Å². The summed E-state index contributed by atoms with van der Waals surface area (Å²) in [7, 11) is 2.18. The first-order valence-electron chi connectivity index (χ1n) is 12.5. The molecule has 0 spiro atoms. The third-order valence-electron chi connectivity index (χ3n) is 7.02. The van der Waals surface area contributed by atoms with Crippen LogP contribution in [0.15, 0.2) is 85.2 Å². The summed E-state index contributed by atoms with van der Waals surface area (Å²) in [5, 5.41) is 0. The Kier molecular flexibility index (Phi) is 6.02. The standard InChI is InChI=1S/C32H34N3/c1-21(2)27-18-25(24-12-8-7-9-13-24)19-28(22(3)4)31(27)35-30-15-11-10-14-29(30)34(6)32(35)26-16-17-33-20-23(26)5/h7-22H,1-6H3/q+1. The lowest BCUT2D eigenvalue weighted by Gasteiger charge is -2.21. The average Bonchev–Trinajstić information content (AvgIpc) is 3.16. The molecular formula is C32H34N3+. The number of aromatic nitrogens is 3. The van der Waals surface area contributed by atoms with E-state index in [1.54, 1.807) is 0 Å². The fraction of sp³-hybridized carbons (Fsp3) is 0.250. The van der Waals surface area contributed by atoms with Crippen molar-refractivity contribution < 1.29 is 4.57 Å². The summed E-state index contributed by atoms with van der Waals surface area (Å²) in [5.74, 6) is 1.91. The number of hydrogen-bond acceptors (Lipinski definition) is 1. The molecule has 5 rings (SSSR count). The SMILES string of the molecule is Cc1cnccc1-c1n(-c2c(C(C)C)cc(-c3ccccc3)cc2C(C)C)c2ccccc2[n+]1C. The molecule has 35 heavy (non-hydrogen) atoms. The maximum Gasteiger partial charge on any atom is 0.295 e. The van der Waals surface area contributed by atoms with Gasteiger partial charge >= 0.3 is 0 Å². The van der Waals surface area contributed by atoms with Crippen LogP contribution in [0.3, 0.4) is 0 Å². The van der Waals surface area contributed by atoms with Gasteiger partial charge in [0.2, 0.25) is 0 Å². The zero-order valence-corrected chi connectivity index (χ0v) is 21.6. The molecule has 0 saturated carbocycles. The number of para-hydroxylation sites is 2. The molecular weight excluding hydrogens is 426 g/mol. The lowest BCUT2D eigenvalue weighted by molar-refractivity contribution is -0.633. The lowest BCUT2D eigenvalue weighted by Crippen LogP contribution is -2.30. The highest BCUT2D eigenvalue weighted by Crippen LogP contribution is 2.39. The van der Waals surface area contributed by atoms with Crippen LogP contribution in [-0.2, 0) is 7.05 Å². The highest BCUT2D eigenvalue weighted by molar-refractivity contribution is 5.82. The first kappa shape index (κ1) is 23.0.